The zero-order valence-electron chi connectivity index (χ0n) is 11.3. The number of rotatable bonds is 3. The van der Waals surface area contributed by atoms with E-state index in [1.54, 1.807) is 24.3 Å². The van der Waals surface area contributed by atoms with Crippen LogP contribution in [0.1, 0.15) is 31.4 Å². The van der Waals surface area contributed by atoms with Crippen molar-refractivity contribution in [1.29, 1.82) is 0 Å². The van der Waals surface area contributed by atoms with Gasteiger partial charge < -0.3 is 10.2 Å². The summed E-state index contributed by atoms with van der Waals surface area (Å²) in [6, 6.07) is 3.69. The average molecular weight is 261 g/mol. The molecule has 1 N–H and O–H groups in total. The van der Waals surface area contributed by atoms with Gasteiger partial charge in [0.1, 0.15) is 0 Å². The Morgan fingerprint density at radius 2 is 2.37 bits per heavy atom. The van der Waals surface area contributed by atoms with E-state index in [-0.39, 0.29) is 23.8 Å². The van der Waals surface area contributed by atoms with Gasteiger partial charge in [0, 0.05) is 38.3 Å². The maximum atomic E-state index is 12.1. The van der Waals surface area contributed by atoms with E-state index in [1.165, 1.54) is 0 Å². The van der Waals surface area contributed by atoms with Gasteiger partial charge in [-0.2, -0.15) is 0 Å². The van der Waals surface area contributed by atoms with Crippen molar-refractivity contribution in [2.75, 3.05) is 13.6 Å². The minimum atomic E-state index is -0.206. The topological polar surface area (TPSA) is 62.3 Å². The lowest BCUT2D eigenvalue weighted by Crippen LogP contribution is -2.42. The molecular formula is C14H19N3O2. The molecule has 0 radical (unpaired) electrons. The Kier molecular flexibility index (Phi) is 4.14. The van der Waals surface area contributed by atoms with E-state index in [1.807, 2.05) is 19.1 Å². The average Bonchev–Trinajstić information content (AvgIpc) is 2.42. The molecule has 0 saturated carbocycles. The van der Waals surface area contributed by atoms with Gasteiger partial charge in [0.15, 0.2) is 0 Å². The smallest absolute Gasteiger partial charge is 0.224 e. The molecule has 1 aliphatic heterocycles. The molecule has 0 bridgehead atoms. The molecule has 2 amide bonds. The molecule has 102 valence electrons. The molecule has 1 aromatic heterocycles. The second-order valence-electron chi connectivity index (χ2n) is 5.02. The highest BCUT2D eigenvalue weighted by atomic mass is 16.2. The first-order valence-corrected chi connectivity index (χ1v) is 6.52. The second kappa shape index (κ2) is 5.82. The third-order valence-corrected chi connectivity index (χ3v) is 3.57. The molecular weight excluding hydrogens is 242 g/mol. The number of piperidine rings is 1. The largest absolute Gasteiger partial charge is 0.349 e. The van der Waals surface area contributed by atoms with Crippen LogP contribution in [0.4, 0.5) is 0 Å². The minimum absolute atomic E-state index is 0.0421. The quantitative estimate of drug-likeness (QED) is 0.887. The van der Waals surface area contributed by atoms with Crippen LogP contribution in [-0.4, -0.2) is 35.3 Å². The number of likely N-dealkylation sites (tertiary alicyclic amines) is 1. The first-order valence-electron chi connectivity index (χ1n) is 6.52. The van der Waals surface area contributed by atoms with Crippen molar-refractivity contribution in [3.63, 3.8) is 0 Å². The fraction of sp³-hybridized carbons (Fsp3) is 0.500. The van der Waals surface area contributed by atoms with E-state index < -0.39 is 0 Å². The van der Waals surface area contributed by atoms with Crippen molar-refractivity contribution < 1.29 is 9.59 Å². The van der Waals surface area contributed by atoms with Gasteiger partial charge in [-0.05, 0) is 25.0 Å². The SMILES string of the molecule is CC(NC(=O)C1CCN(C)C(=O)C1)c1cccnc1. The molecule has 5 heteroatoms. The monoisotopic (exact) mass is 261 g/mol. The molecule has 2 rings (SSSR count). The zero-order valence-corrected chi connectivity index (χ0v) is 11.3. The van der Waals surface area contributed by atoms with Crippen LogP contribution in [0.25, 0.3) is 0 Å². The van der Waals surface area contributed by atoms with Crippen LogP contribution >= 0.6 is 0 Å². The molecule has 1 fully saturated rings. The highest BCUT2D eigenvalue weighted by Crippen LogP contribution is 2.19. The van der Waals surface area contributed by atoms with Gasteiger partial charge in [-0.15, -0.1) is 0 Å². The number of hydrogen-bond acceptors (Lipinski definition) is 3. The van der Waals surface area contributed by atoms with Crippen LogP contribution in [-0.2, 0) is 9.59 Å². The number of carbonyl (C=O) groups is 2. The van der Waals surface area contributed by atoms with Gasteiger partial charge >= 0.3 is 0 Å². The lowest BCUT2D eigenvalue weighted by atomic mass is 9.95. The Hall–Kier alpha value is -1.91. The summed E-state index contributed by atoms with van der Waals surface area (Å²) in [5.41, 5.74) is 0.968. The summed E-state index contributed by atoms with van der Waals surface area (Å²) in [6.07, 6.45) is 4.48. The zero-order chi connectivity index (χ0) is 13.8. The van der Waals surface area contributed by atoms with Crippen molar-refractivity contribution >= 4 is 11.8 Å². The summed E-state index contributed by atoms with van der Waals surface area (Å²) in [5.74, 6) is -0.207. The van der Waals surface area contributed by atoms with E-state index in [2.05, 4.69) is 10.3 Å². The van der Waals surface area contributed by atoms with E-state index >= 15 is 0 Å². The number of amides is 2. The molecule has 2 unspecified atom stereocenters. The van der Waals surface area contributed by atoms with Crippen LogP contribution in [0.15, 0.2) is 24.5 Å². The van der Waals surface area contributed by atoms with Crippen molar-refractivity contribution in [3.8, 4) is 0 Å². The highest BCUT2D eigenvalue weighted by Gasteiger charge is 2.29. The predicted octanol–water partition coefficient (Wildman–Crippen LogP) is 1.13. The fourth-order valence-corrected chi connectivity index (χ4v) is 2.21. The normalized spacial score (nSPS) is 21.1. The molecule has 1 aliphatic rings. The maximum Gasteiger partial charge on any atom is 0.224 e. The van der Waals surface area contributed by atoms with Crippen molar-refractivity contribution in [2.45, 2.75) is 25.8 Å². The Morgan fingerprint density at radius 1 is 1.58 bits per heavy atom. The van der Waals surface area contributed by atoms with Crippen LogP contribution in [0.5, 0.6) is 0 Å². The van der Waals surface area contributed by atoms with Crippen LogP contribution < -0.4 is 5.32 Å². The molecule has 1 aromatic rings. The number of carbonyl (C=O) groups excluding carboxylic acids is 2. The van der Waals surface area contributed by atoms with Gasteiger partial charge in [-0.1, -0.05) is 6.07 Å². The Labute approximate surface area is 113 Å². The van der Waals surface area contributed by atoms with Crippen LogP contribution in [0.3, 0.4) is 0 Å². The number of hydrogen-bond donors (Lipinski definition) is 1. The lowest BCUT2D eigenvalue weighted by Gasteiger charge is -2.28. The van der Waals surface area contributed by atoms with Gasteiger partial charge in [0.2, 0.25) is 11.8 Å². The fourth-order valence-electron chi connectivity index (χ4n) is 2.21. The molecule has 19 heavy (non-hydrogen) atoms. The van der Waals surface area contributed by atoms with E-state index in [0.717, 1.165) is 12.0 Å². The van der Waals surface area contributed by atoms with E-state index in [9.17, 15) is 9.59 Å². The van der Waals surface area contributed by atoms with Gasteiger partial charge in [-0.3, -0.25) is 14.6 Å². The molecule has 2 heterocycles. The second-order valence-corrected chi connectivity index (χ2v) is 5.02. The molecule has 0 aliphatic carbocycles. The summed E-state index contributed by atoms with van der Waals surface area (Å²) in [4.78, 5) is 29.4. The van der Waals surface area contributed by atoms with Crippen LogP contribution in [0.2, 0.25) is 0 Å². The summed E-state index contributed by atoms with van der Waals surface area (Å²) >= 11 is 0. The third kappa shape index (κ3) is 3.30. The molecule has 0 spiro atoms. The number of aromatic nitrogens is 1. The van der Waals surface area contributed by atoms with Crippen LogP contribution in [0, 0.1) is 5.92 Å². The number of nitrogens with one attached hydrogen (secondary N) is 1. The van der Waals surface area contributed by atoms with Crippen molar-refractivity contribution in [1.82, 2.24) is 15.2 Å². The Balaban J connectivity index is 1.93. The summed E-state index contributed by atoms with van der Waals surface area (Å²) < 4.78 is 0. The first-order chi connectivity index (χ1) is 9.08. The summed E-state index contributed by atoms with van der Waals surface area (Å²) in [5, 5.41) is 2.95. The minimum Gasteiger partial charge on any atom is -0.349 e. The Morgan fingerprint density at radius 3 is 3.00 bits per heavy atom. The van der Waals surface area contributed by atoms with E-state index in [4.69, 9.17) is 0 Å². The standard InChI is InChI=1S/C14H19N3O2/c1-10(12-4-3-6-15-9-12)16-14(19)11-5-7-17(2)13(18)8-11/h3-4,6,9-11H,5,7-8H2,1-2H3,(H,16,19). The Bertz CT molecular complexity index is 461. The van der Waals surface area contributed by atoms with Gasteiger partial charge in [0.05, 0.1) is 6.04 Å². The number of nitrogens with zero attached hydrogens (tertiary/aromatic N) is 2. The first kappa shape index (κ1) is 13.5. The summed E-state index contributed by atoms with van der Waals surface area (Å²) in [6.45, 7) is 2.57. The summed E-state index contributed by atoms with van der Waals surface area (Å²) in [7, 11) is 1.77. The molecule has 0 aromatic carbocycles. The van der Waals surface area contributed by atoms with Gasteiger partial charge in [0.25, 0.3) is 0 Å². The molecule has 2 atom stereocenters. The maximum absolute atomic E-state index is 12.1. The predicted molar refractivity (Wildman–Crippen MR) is 71.2 cm³/mol. The van der Waals surface area contributed by atoms with Gasteiger partial charge in [-0.25, -0.2) is 0 Å². The third-order valence-electron chi connectivity index (χ3n) is 3.57. The molecule has 1 saturated heterocycles. The van der Waals surface area contributed by atoms with Crippen molar-refractivity contribution in [2.24, 2.45) is 5.92 Å². The van der Waals surface area contributed by atoms with Crippen molar-refractivity contribution in [3.05, 3.63) is 30.1 Å². The molecule has 5 nitrogen and oxygen atoms in total. The number of pyridine rings is 1. The van der Waals surface area contributed by atoms with E-state index in [0.29, 0.717) is 13.0 Å². The lowest BCUT2D eigenvalue weighted by molar-refractivity contribution is -0.139. The highest BCUT2D eigenvalue weighted by molar-refractivity contribution is 5.87.